The van der Waals surface area contributed by atoms with Crippen molar-refractivity contribution in [2.45, 2.75) is 25.3 Å². The Bertz CT molecular complexity index is 1050. The maximum absolute atomic E-state index is 12.9. The molecule has 1 N–H and O–H groups in total. The van der Waals surface area contributed by atoms with Crippen LogP contribution < -0.4 is 10.2 Å². The zero-order valence-electron chi connectivity index (χ0n) is 16.6. The molecule has 1 saturated carbocycles. The molecular weight excluding hydrogens is 398 g/mol. The Morgan fingerprint density at radius 1 is 1.30 bits per heavy atom. The van der Waals surface area contributed by atoms with Crippen LogP contribution in [0.25, 0.3) is 10.9 Å². The van der Waals surface area contributed by atoms with Gasteiger partial charge in [-0.15, -0.1) is 11.8 Å². The molecule has 7 nitrogen and oxygen atoms in total. The average molecular weight is 422 g/mol. The van der Waals surface area contributed by atoms with Gasteiger partial charge in [0.2, 0.25) is 5.91 Å². The molecule has 8 heteroatoms. The van der Waals surface area contributed by atoms with Crippen molar-refractivity contribution < 1.29 is 9.59 Å². The number of fused-ring (bicyclic) bond motifs is 1. The summed E-state index contributed by atoms with van der Waals surface area (Å²) in [4.78, 5) is 33.6. The van der Waals surface area contributed by atoms with Gasteiger partial charge in [0.25, 0.3) is 5.91 Å². The van der Waals surface area contributed by atoms with E-state index in [0.717, 1.165) is 29.7 Å². The summed E-state index contributed by atoms with van der Waals surface area (Å²) in [6.07, 6.45) is 5.60. The summed E-state index contributed by atoms with van der Waals surface area (Å²) in [7, 11) is 0. The third kappa shape index (κ3) is 3.27. The fourth-order valence-electron chi connectivity index (χ4n) is 4.62. The molecule has 1 aliphatic carbocycles. The highest BCUT2D eigenvalue weighted by atomic mass is 32.2. The summed E-state index contributed by atoms with van der Waals surface area (Å²) < 4.78 is 0. The first-order chi connectivity index (χ1) is 14.6. The van der Waals surface area contributed by atoms with Gasteiger partial charge in [0.1, 0.15) is 6.04 Å². The van der Waals surface area contributed by atoms with E-state index in [9.17, 15) is 9.59 Å². The fourth-order valence-corrected chi connectivity index (χ4v) is 5.72. The number of aromatic nitrogens is 1. The Balaban J connectivity index is 1.31. The largest absolute Gasteiger partial charge is 0.370 e. The van der Waals surface area contributed by atoms with Crippen molar-refractivity contribution in [3.63, 3.8) is 0 Å². The van der Waals surface area contributed by atoms with Gasteiger partial charge in [-0.05, 0) is 37.1 Å². The van der Waals surface area contributed by atoms with Crippen molar-refractivity contribution in [3.8, 4) is 6.07 Å². The third-order valence-corrected chi connectivity index (χ3v) is 7.57. The van der Waals surface area contributed by atoms with Crippen LogP contribution in [0.15, 0.2) is 30.5 Å². The minimum atomic E-state index is -0.417. The van der Waals surface area contributed by atoms with Gasteiger partial charge < -0.3 is 15.1 Å². The maximum Gasteiger partial charge on any atom is 0.252 e. The van der Waals surface area contributed by atoms with Crippen molar-refractivity contribution >= 4 is 40.2 Å². The summed E-state index contributed by atoms with van der Waals surface area (Å²) in [5.41, 5.74) is 2.92. The van der Waals surface area contributed by atoms with Gasteiger partial charge >= 0.3 is 0 Å². The lowest BCUT2D eigenvalue weighted by Crippen LogP contribution is -2.59. The maximum atomic E-state index is 12.9. The number of thioether (sulfide) groups is 1. The average Bonchev–Trinajstić information content (AvgIpc) is 3.18. The molecule has 2 aromatic rings. The fraction of sp³-hybridized carbons (Fsp3) is 0.455. The number of hydrogen-bond donors (Lipinski definition) is 1. The Morgan fingerprint density at radius 3 is 2.87 bits per heavy atom. The quantitative estimate of drug-likeness (QED) is 0.815. The molecule has 2 saturated heterocycles. The van der Waals surface area contributed by atoms with Crippen molar-refractivity contribution in [2.75, 3.05) is 36.2 Å². The van der Waals surface area contributed by atoms with Gasteiger partial charge in [-0.25, -0.2) is 0 Å². The number of rotatable bonds is 4. The van der Waals surface area contributed by atoms with Crippen LogP contribution in [0.5, 0.6) is 0 Å². The summed E-state index contributed by atoms with van der Waals surface area (Å²) in [5.74, 6) is 0.579. The van der Waals surface area contributed by atoms with Crippen molar-refractivity contribution in [3.05, 3.63) is 36.0 Å². The number of carbonyl (C=O) groups excluding carboxylic acids is 2. The van der Waals surface area contributed by atoms with Crippen LogP contribution in [-0.4, -0.2) is 59.0 Å². The molecule has 3 fully saturated rings. The molecule has 1 atom stereocenters. The van der Waals surface area contributed by atoms with Crippen molar-refractivity contribution in [2.24, 2.45) is 5.41 Å². The Kier molecular flexibility index (Phi) is 4.78. The minimum Gasteiger partial charge on any atom is -0.370 e. The summed E-state index contributed by atoms with van der Waals surface area (Å²) in [5, 5.41) is 12.7. The van der Waals surface area contributed by atoms with E-state index in [1.54, 1.807) is 24.0 Å². The predicted octanol–water partition coefficient (Wildman–Crippen LogP) is 2.38. The molecule has 1 aromatic heterocycles. The smallest absolute Gasteiger partial charge is 0.252 e. The molecule has 2 aliphatic heterocycles. The molecule has 30 heavy (non-hydrogen) atoms. The molecule has 0 bridgehead atoms. The third-order valence-electron chi connectivity index (χ3n) is 6.55. The van der Waals surface area contributed by atoms with E-state index in [-0.39, 0.29) is 18.4 Å². The molecule has 2 amide bonds. The summed E-state index contributed by atoms with van der Waals surface area (Å²) in [6.45, 7) is 2.06. The first-order valence-corrected chi connectivity index (χ1v) is 11.4. The normalized spacial score (nSPS) is 21.8. The number of nitrogens with one attached hydrogen (secondary N) is 1. The predicted molar refractivity (Wildman–Crippen MR) is 116 cm³/mol. The van der Waals surface area contributed by atoms with Gasteiger partial charge in [-0.3, -0.25) is 14.6 Å². The minimum absolute atomic E-state index is 0.115. The highest BCUT2D eigenvalue weighted by Crippen LogP contribution is 2.49. The molecule has 5 rings (SSSR count). The van der Waals surface area contributed by atoms with E-state index in [1.807, 2.05) is 12.1 Å². The lowest BCUT2D eigenvalue weighted by atomic mass is 9.63. The summed E-state index contributed by atoms with van der Waals surface area (Å²) in [6, 6.07) is 9.47. The van der Waals surface area contributed by atoms with E-state index < -0.39 is 6.04 Å². The highest BCUT2D eigenvalue weighted by Gasteiger charge is 2.47. The number of amides is 2. The SMILES string of the molecule is N#C[C@@H]1CSCN1C(=O)CNC(=O)c1ccnc2ccc(N3CC4(CCC4)C3)cc12. The van der Waals surface area contributed by atoms with Crippen molar-refractivity contribution in [1.29, 1.82) is 5.26 Å². The van der Waals surface area contributed by atoms with Gasteiger partial charge in [-0.2, -0.15) is 5.26 Å². The van der Waals surface area contributed by atoms with Crippen LogP contribution in [0.3, 0.4) is 0 Å². The standard InChI is InChI=1S/C22H23N5O2S/c23-9-16-11-30-14-27(16)20(28)10-25-21(29)17-4-7-24-19-3-2-15(8-18(17)19)26-12-22(13-26)5-1-6-22/h2-4,7-8,16H,1,5-6,10-14H2,(H,25,29)/t16-/m1/s1. The Hall–Kier alpha value is -2.79. The van der Waals surface area contributed by atoms with E-state index in [1.165, 1.54) is 24.2 Å². The Labute approximate surface area is 179 Å². The van der Waals surface area contributed by atoms with Crippen LogP contribution in [0.2, 0.25) is 0 Å². The monoisotopic (exact) mass is 421 g/mol. The second-order valence-corrected chi connectivity index (χ2v) is 9.46. The molecular formula is C22H23N5O2S. The first-order valence-electron chi connectivity index (χ1n) is 10.3. The number of carbonyl (C=O) groups is 2. The zero-order valence-corrected chi connectivity index (χ0v) is 17.5. The van der Waals surface area contributed by atoms with Gasteiger partial charge in [0.05, 0.1) is 29.6 Å². The van der Waals surface area contributed by atoms with E-state index in [2.05, 4.69) is 27.3 Å². The highest BCUT2D eigenvalue weighted by molar-refractivity contribution is 7.99. The molecule has 154 valence electrons. The topological polar surface area (TPSA) is 89.3 Å². The molecule has 0 radical (unpaired) electrons. The van der Waals surface area contributed by atoms with Crippen LogP contribution in [0.4, 0.5) is 5.69 Å². The van der Waals surface area contributed by atoms with Crippen molar-refractivity contribution in [1.82, 2.24) is 15.2 Å². The zero-order chi connectivity index (χ0) is 20.7. The first kappa shape index (κ1) is 19.2. The molecule has 1 spiro atoms. The number of pyridine rings is 1. The molecule has 3 heterocycles. The number of nitrogens with zero attached hydrogens (tertiary/aromatic N) is 4. The van der Waals surface area contributed by atoms with Crippen LogP contribution >= 0.6 is 11.8 Å². The van der Waals surface area contributed by atoms with E-state index >= 15 is 0 Å². The number of benzene rings is 1. The lowest BCUT2D eigenvalue weighted by Gasteiger charge is -2.57. The molecule has 3 aliphatic rings. The summed E-state index contributed by atoms with van der Waals surface area (Å²) >= 11 is 1.55. The molecule has 1 aromatic carbocycles. The Morgan fingerprint density at radius 2 is 2.13 bits per heavy atom. The van der Waals surface area contributed by atoms with Crippen LogP contribution in [0.1, 0.15) is 29.6 Å². The second-order valence-electron chi connectivity index (χ2n) is 8.46. The van der Waals surface area contributed by atoms with E-state index in [0.29, 0.717) is 22.6 Å². The van der Waals surface area contributed by atoms with E-state index in [4.69, 9.17) is 5.26 Å². The number of hydrogen-bond acceptors (Lipinski definition) is 6. The van der Waals surface area contributed by atoms with Crippen LogP contribution in [0, 0.1) is 16.7 Å². The number of anilines is 1. The van der Waals surface area contributed by atoms with Gasteiger partial charge in [0, 0.05) is 41.5 Å². The molecule has 0 unspecified atom stereocenters. The van der Waals surface area contributed by atoms with Gasteiger partial charge in [0.15, 0.2) is 0 Å². The lowest BCUT2D eigenvalue weighted by molar-refractivity contribution is -0.129. The second kappa shape index (κ2) is 7.47. The number of nitriles is 1. The van der Waals surface area contributed by atoms with Crippen LogP contribution in [-0.2, 0) is 4.79 Å². The van der Waals surface area contributed by atoms with Gasteiger partial charge in [-0.1, -0.05) is 6.42 Å².